The van der Waals surface area contributed by atoms with Crippen LogP contribution in [0.25, 0.3) is 0 Å². The zero-order chi connectivity index (χ0) is 18.8. The summed E-state index contributed by atoms with van der Waals surface area (Å²) in [7, 11) is 0. The van der Waals surface area contributed by atoms with Crippen molar-refractivity contribution in [1.82, 2.24) is 4.90 Å². The molecule has 0 unspecified atom stereocenters. The van der Waals surface area contributed by atoms with E-state index < -0.39 is 24.0 Å². The van der Waals surface area contributed by atoms with Crippen molar-refractivity contribution in [2.24, 2.45) is 5.92 Å². The second-order valence-electron chi connectivity index (χ2n) is 7.08. The van der Waals surface area contributed by atoms with E-state index in [2.05, 4.69) is 4.90 Å². The summed E-state index contributed by atoms with van der Waals surface area (Å²) in [5.41, 5.74) is 1.41. The molecule has 0 saturated carbocycles. The van der Waals surface area contributed by atoms with Crippen LogP contribution in [0, 0.1) is 5.92 Å². The van der Waals surface area contributed by atoms with Crippen LogP contribution < -0.4 is 0 Å². The van der Waals surface area contributed by atoms with Crippen LogP contribution in [0.1, 0.15) is 33.6 Å². The van der Waals surface area contributed by atoms with E-state index in [-0.39, 0.29) is 31.1 Å². The van der Waals surface area contributed by atoms with Gasteiger partial charge < -0.3 is 14.2 Å². The van der Waals surface area contributed by atoms with Crippen molar-refractivity contribution in [1.29, 1.82) is 0 Å². The van der Waals surface area contributed by atoms with Gasteiger partial charge in [0.1, 0.15) is 12.7 Å². The molecule has 0 aromatic carbocycles. The molecule has 0 N–H and O–H groups in total. The molecule has 0 aromatic heterocycles. The SMILES string of the molecule is C/C=C1\C[C@H](C)[C@@H](OC(C)=O)C(=O)OCC2=CCN3CC[C@@H](OC1=O)[C@H]23. The summed E-state index contributed by atoms with van der Waals surface area (Å²) in [6.07, 6.45) is 3.47. The number of carbonyl (C=O) groups excluding carboxylic acids is 3. The van der Waals surface area contributed by atoms with E-state index in [0.29, 0.717) is 5.57 Å². The van der Waals surface area contributed by atoms with Gasteiger partial charge in [0.2, 0.25) is 6.10 Å². The largest absolute Gasteiger partial charge is 0.458 e. The molecule has 0 aliphatic carbocycles. The summed E-state index contributed by atoms with van der Waals surface area (Å²) in [5.74, 6) is -1.91. The normalized spacial score (nSPS) is 34.3. The van der Waals surface area contributed by atoms with Gasteiger partial charge in [-0.05, 0) is 25.3 Å². The number of hydrogen-bond acceptors (Lipinski definition) is 7. The maximum absolute atomic E-state index is 12.6. The van der Waals surface area contributed by atoms with Crippen LogP contribution >= 0.6 is 0 Å². The molecule has 7 heteroatoms. The highest BCUT2D eigenvalue weighted by molar-refractivity contribution is 5.89. The molecule has 3 aliphatic heterocycles. The van der Waals surface area contributed by atoms with Gasteiger partial charge in [0, 0.05) is 31.5 Å². The minimum atomic E-state index is -1.05. The van der Waals surface area contributed by atoms with E-state index in [1.807, 2.05) is 6.08 Å². The number of cyclic esters (lactones) is 1. The molecule has 0 radical (unpaired) electrons. The predicted octanol–water partition coefficient (Wildman–Crippen LogP) is 1.37. The van der Waals surface area contributed by atoms with Gasteiger partial charge in [-0.1, -0.05) is 19.1 Å². The second kappa shape index (κ2) is 7.61. The van der Waals surface area contributed by atoms with Crippen molar-refractivity contribution in [2.45, 2.75) is 51.9 Å². The monoisotopic (exact) mass is 363 g/mol. The molecular weight excluding hydrogens is 338 g/mol. The standard InChI is InChI=1S/C19H25NO6/c1-4-13-9-11(2)17(25-12(3)21)19(23)24-10-14-5-7-20-8-6-15(16(14)20)26-18(13)22/h4-5,11,15-17H,6-10H2,1-3H3/b13-4+/t11-,15+,16-,17+/m0/s1. The number of ether oxygens (including phenoxy) is 3. The number of nitrogens with zero attached hydrogens (tertiary/aromatic N) is 1. The highest BCUT2D eigenvalue weighted by Gasteiger charge is 2.43. The van der Waals surface area contributed by atoms with E-state index in [1.54, 1.807) is 19.9 Å². The van der Waals surface area contributed by atoms with Crippen LogP contribution in [0.2, 0.25) is 0 Å². The van der Waals surface area contributed by atoms with Crippen LogP contribution in [-0.2, 0) is 28.6 Å². The summed E-state index contributed by atoms with van der Waals surface area (Å²) in [6.45, 7) is 6.49. The Hall–Kier alpha value is -2.15. The summed E-state index contributed by atoms with van der Waals surface area (Å²) < 4.78 is 16.4. The van der Waals surface area contributed by atoms with Crippen molar-refractivity contribution < 1.29 is 28.6 Å². The quantitative estimate of drug-likeness (QED) is 0.301. The maximum Gasteiger partial charge on any atom is 0.348 e. The van der Waals surface area contributed by atoms with E-state index in [9.17, 15) is 14.4 Å². The van der Waals surface area contributed by atoms with Crippen molar-refractivity contribution in [3.05, 3.63) is 23.3 Å². The fourth-order valence-corrected chi connectivity index (χ4v) is 3.92. The van der Waals surface area contributed by atoms with Gasteiger partial charge in [0.05, 0.1) is 6.04 Å². The minimum absolute atomic E-state index is 0.0473. The van der Waals surface area contributed by atoms with Crippen molar-refractivity contribution in [2.75, 3.05) is 19.7 Å². The molecule has 0 aromatic rings. The first-order valence-electron chi connectivity index (χ1n) is 9.03. The first-order chi connectivity index (χ1) is 12.4. The van der Waals surface area contributed by atoms with E-state index in [1.165, 1.54) is 6.92 Å². The molecule has 3 rings (SSSR count). The number of rotatable bonds is 1. The van der Waals surface area contributed by atoms with E-state index in [4.69, 9.17) is 14.2 Å². The average molecular weight is 363 g/mol. The molecule has 2 saturated heterocycles. The highest BCUT2D eigenvalue weighted by atomic mass is 16.6. The first kappa shape index (κ1) is 18.6. The molecule has 26 heavy (non-hydrogen) atoms. The highest BCUT2D eigenvalue weighted by Crippen LogP contribution is 2.33. The third kappa shape index (κ3) is 3.67. The Morgan fingerprint density at radius 1 is 1.38 bits per heavy atom. The fourth-order valence-electron chi connectivity index (χ4n) is 3.92. The summed E-state index contributed by atoms with van der Waals surface area (Å²) >= 11 is 0. The lowest BCUT2D eigenvalue weighted by atomic mass is 9.94. The Morgan fingerprint density at radius 2 is 2.15 bits per heavy atom. The van der Waals surface area contributed by atoms with Crippen molar-refractivity contribution in [3.8, 4) is 0 Å². The van der Waals surface area contributed by atoms with E-state index in [0.717, 1.165) is 25.1 Å². The lowest BCUT2D eigenvalue weighted by molar-refractivity contribution is -0.170. The zero-order valence-corrected chi connectivity index (χ0v) is 15.4. The minimum Gasteiger partial charge on any atom is -0.458 e. The van der Waals surface area contributed by atoms with Crippen LogP contribution in [0.4, 0.5) is 0 Å². The molecule has 7 nitrogen and oxygen atoms in total. The topological polar surface area (TPSA) is 82.1 Å². The van der Waals surface area contributed by atoms with Gasteiger partial charge in [-0.2, -0.15) is 0 Å². The van der Waals surface area contributed by atoms with Crippen molar-refractivity contribution in [3.63, 3.8) is 0 Å². The Balaban J connectivity index is 1.88. The Labute approximate surface area is 152 Å². The molecule has 3 aliphatic rings. The number of hydrogen-bond donors (Lipinski definition) is 0. The lowest BCUT2D eigenvalue weighted by Gasteiger charge is -2.28. The zero-order valence-electron chi connectivity index (χ0n) is 15.4. The average Bonchev–Trinajstić information content (AvgIpc) is 3.17. The van der Waals surface area contributed by atoms with Crippen LogP contribution in [-0.4, -0.2) is 60.8 Å². The third-order valence-electron chi connectivity index (χ3n) is 5.25. The van der Waals surface area contributed by atoms with Gasteiger partial charge >= 0.3 is 17.9 Å². The van der Waals surface area contributed by atoms with Crippen LogP contribution in [0.15, 0.2) is 23.3 Å². The van der Waals surface area contributed by atoms with Crippen molar-refractivity contribution >= 4 is 17.9 Å². The van der Waals surface area contributed by atoms with Crippen LogP contribution in [0.5, 0.6) is 0 Å². The number of allylic oxidation sites excluding steroid dienone is 1. The van der Waals surface area contributed by atoms with Gasteiger partial charge in [-0.25, -0.2) is 9.59 Å². The van der Waals surface area contributed by atoms with E-state index >= 15 is 0 Å². The molecule has 0 spiro atoms. The summed E-state index contributed by atoms with van der Waals surface area (Å²) in [6, 6.07) is -0.0473. The lowest BCUT2D eigenvalue weighted by Crippen LogP contribution is -2.39. The molecule has 2 fully saturated rings. The van der Waals surface area contributed by atoms with Gasteiger partial charge in [0.25, 0.3) is 0 Å². The number of carbonyl (C=O) groups is 3. The molecule has 0 amide bonds. The molecular formula is C19H25NO6. The van der Waals surface area contributed by atoms with Gasteiger partial charge in [0.15, 0.2) is 0 Å². The summed E-state index contributed by atoms with van der Waals surface area (Å²) in [5, 5.41) is 0. The van der Waals surface area contributed by atoms with Gasteiger partial charge in [-0.3, -0.25) is 9.69 Å². The molecule has 3 heterocycles. The Bertz CT molecular complexity index is 667. The predicted molar refractivity (Wildman–Crippen MR) is 92.0 cm³/mol. The third-order valence-corrected chi connectivity index (χ3v) is 5.25. The summed E-state index contributed by atoms with van der Waals surface area (Å²) in [4.78, 5) is 38.8. The molecule has 4 atom stereocenters. The Kier molecular flexibility index (Phi) is 5.46. The first-order valence-corrected chi connectivity index (χ1v) is 9.03. The molecule has 0 bridgehead atoms. The molecule has 142 valence electrons. The maximum atomic E-state index is 12.6. The second-order valence-corrected chi connectivity index (χ2v) is 7.08. The Morgan fingerprint density at radius 3 is 2.85 bits per heavy atom. The van der Waals surface area contributed by atoms with Gasteiger partial charge in [-0.15, -0.1) is 0 Å². The smallest absolute Gasteiger partial charge is 0.348 e. The van der Waals surface area contributed by atoms with Crippen LogP contribution in [0.3, 0.4) is 0 Å². The number of esters is 3. The fraction of sp³-hybridized carbons (Fsp3) is 0.632.